The van der Waals surface area contributed by atoms with Gasteiger partial charge >= 0.3 is 5.97 Å². The molecule has 1 unspecified atom stereocenters. The zero-order valence-electron chi connectivity index (χ0n) is 13.0. The highest BCUT2D eigenvalue weighted by Crippen LogP contribution is 2.30. The number of fused-ring (bicyclic) bond motifs is 1. The maximum atomic E-state index is 11.9. The molecule has 122 valence electrons. The van der Waals surface area contributed by atoms with Gasteiger partial charge in [0.15, 0.2) is 0 Å². The topological polar surface area (TPSA) is 35.5 Å². The lowest BCUT2D eigenvalue weighted by atomic mass is 10.2. The van der Waals surface area contributed by atoms with Crippen LogP contribution >= 0.6 is 20.1 Å². The van der Waals surface area contributed by atoms with E-state index in [1.807, 2.05) is 42.5 Å². The second kappa shape index (κ2) is 8.09. The Balaban J connectivity index is 1.65. The fourth-order valence-corrected chi connectivity index (χ4v) is 3.90. The summed E-state index contributed by atoms with van der Waals surface area (Å²) in [6, 6.07) is 17.9. The van der Waals surface area contributed by atoms with Gasteiger partial charge in [-0.2, -0.15) is 0 Å². The summed E-state index contributed by atoms with van der Waals surface area (Å²) in [7, 11) is 0.361. The molecule has 5 heteroatoms. The number of benzene rings is 2. The van der Waals surface area contributed by atoms with Crippen molar-refractivity contribution < 1.29 is 14.1 Å². The number of ether oxygens (including phenoxy) is 1. The fourth-order valence-electron chi connectivity index (χ4n) is 2.20. The minimum absolute atomic E-state index is 0.232. The average molecular weight is 356 g/mol. The highest BCUT2D eigenvalue weighted by atomic mass is 32.1. The van der Waals surface area contributed by atoms with Crippen LogP contribution in [0, 0.1) is 0 Å². The lowest BCUT2D eigenvalue weighted by Crippen LogP contribution is -2.02. The Morgan fingerprint density at radius 3 is 2.79 bits per heavy atom. The highest BCUT2D eigenvalue weighted by molar-refractivity contribution is 7.31. The Hall–Kier alpha value is -2.16. The van der Waals surface area contributed by atoms with Gasteiger partial charge < -0.3 is 9.26 Å². The molecule has 0 spiro atoms. The molecule has 2 aromatic carbocycles. The molecular formula is C19H17O3PS. The van der Waals surface area contributed by atoms with Gasteiger partial charge in [0.05, 0.1) is 8.81 Å². The van der Waals surface area contributed by atoms with E-state index in [1.54, 1.807) is 6.08 Å². The van der Waals surface area contributed by atoms with E-state index >= 15 is 0 Å². The number of esters is 1. The SMILES string of the molecule is C=CCOC(=O)c1cc2cc(CPOc3ccccc3)ccc2s1. The number of hydrogen-bond donors (Lipinski definition) is 0. The van der Waals surface area contributed by atoms with Gasteiger partial charge in [0.1, 0.15) is 17.2 Å². The van der Waals surface area contributed by atoms with E-state index in [0.717, 1.165) is 22.0 Å². The third-order valence-corrected chi connectivity index (χ3v) is 5.35. The maximum absolute atomic E-state index is 11.9. The van der Waals surface area contributed by atoms with Crippen molar-refractivity contribution in [3.05, 3.63) is 77.7 Å². The van der Waals surface area contributed by atoms with Gasteiger partial charge in [-0.25, -0.2) is 4.79 Å². The quantitative estimate of drug-likeness (QED) is 0.322. The van der Waals surface area contributed by atoms with Crippen molar-refractivity contribution in [2.24, 2.45) is 0 Å². The van der Waals surface area contributed by atoms with Crippen molar-refractivity contribution in [1.29, 1.82) is 0 Å². The van der Waals surface area contributed by atoms with Crippen LogP contribution in [0.15, 0.2) is 67.3 Å². The Kier molecular flexibility index (Phi) is 5.63. The predicted octanol–water partition coefficient (Wildman–Crippen LogP) is 5.42. The summed E-state index contributed by atoms with van der Waals surface area (Å²) in [6.07, 6.45) is 2.41. The van der Waals surface area contributed by atoms with Gasteiger partial charge in [-0.05, 0) is 41.3 Å². The zero-order valence-corrected chi connectivity index (χ0v) is 14.8. The van der Waals surface area contributed by atoms with Crippen LogP contribution in [-0.2, 0) is 10.9 Å². The molecule has 24 heavy (non-hydrogen) atoms. The molecule has 0 amide bonds. The van der Waals surface area contributed by atoms with Crippen LogP contribution in [0.4, 0.5) is 0 Å². The first-order valence-electron chi connectivity index (χ1n) is 7.51. The van der Waals surface area contributed by atoms with Crippen molar-refractivity contribution in [3.63, 3.8) is 0 Å². The molecule has 0 aliphatic heterocycles. The van der Waals surface area contributed by atoms with E-state index < -0.39 is 0 Å². The molecule has 1 atom stereocenters. The number of rotatable bonds is 7. The Bertz CT molecular complexity index is 842. The normalized spacial score (nSPS) is 11.0. The van der Waals surface area contributed by atoms with Gasteiger partial charge in [-0.3, -0.25) is 0 Å². The molecule has 3 aromatic rings. The van der Waals surface area contributed by atoms with Crippen molar-refractivity contribution in [3.8, 4) is 5.75 Å². The largest absolute Gasteiger partial charge is 0.477 e. The fraction of sp³-hybridized carbons (Fsp3) is 0.105. The third-order valence-electron chi connectivity index (χ3n) is 3.32. The first kappa shape index (κ1) is 16.7. The summed E-state index contributed by atoms with van der Waals surface area (Å²) in [5, 5.41) is 1.06. The molecule has 3 nitrogen and oxygen atoms in total. The molecule has 0 fully saturated rings. The van der Waals surface area contributed by atoms with Gasteiger partial charge in [-0.15, -0.1) is 11.3 Å². The minimum atomic E-state index is -0.299. The lowest BCUT2D eigenvalue weighted by molar-refractivity contribution is 0.0555. The van der Waals surface area contributed by atoms with Gasteiger partial charge in [0.2, 0.25) is 0 Å². The van der Waals surface area contributed by atoms with Crippen LogP contribution in [0.1, 0.15) is 15.2 Å². The summed E-state index contributed by atoms with van der Waals surface area (Å²) in [4.78, 5) is 12.5. The molecule has 1 aromatic heterocycles. The number of carbonyl (C=O) groups excluding carboxylic acids is 1. The molecule has 0 bridgehead atoms. The van der Waals surface area contributed by atoms with Crippen LogP contribution in [0.25, 0.3) is 10.1 Å². The second-order valence-electron chi connectivity index (χ2n) is 5.11. The smallest absolute Gasteiger partial charge is 0.348 e. The summed E-state index contributed by atoms with van der Waals surface area (Å²) in [6.45, 7) is 3.78. The molecule has 0 radical (unpaired) electrons. The average Bonchev–Trinajstić information content (AvgIpc) is 3.04. The van der Waals surface area contributed by atoms with Gasteiger partial charge in [0.25, 0.3) is 0 Å². The molecule has 3 rings (SSSR count). The van der Waals surface area contributed by atoms with Crippen LogP contribution in [0.5, 0.6) is 5.75 Å². The van der Waals surface area contributed by atoms with Crippen LogP contribution in [0.2, 0.25) is 0 Å². The third kappa shape index (κ3) is 4.22. The number of thiophene rings is 1. The second-order valence-corrected chi connectivity index (χ2v) is 7.04. The summed E-state index contributed by atoms with van der Waals surface area (Å²) >= 11 is 1.45. The van der Waals surface area contributed by atoms with Gasteiger partial charge in [-0.1, -0.05) is 36.9 Å². The van der Waals surface area contributed by atoms with E-state index in [2.05, 4.69) is 18.7 Å². The van der Waals surface area contributed by atoms with E-state index in [4.69, 9.17) is 9.26 Å². The molecule has 1 heterocycles. The lowest BCUT2D eigenvalue weighted by Gasteiger charge is -2.05. The van der Waals surface area contributed by atoms with Crippen LogP contribution in [0.3, 0.4) is 0 Å². The number of para-hydroxylation sites is 1. The molecule has 0 saturated carbocycles. The van der Waals surface area contributed by atoms with Crippen molar-refractivity contribution >= 4 is 36.2 Å². The van der Waals surface area contributed by atoms with Gasteiger partial charge in [0, 0.05) is 10.9 Å². The van der Waals surface area contributed by atoms with Crippen molar-refractivity contribution in [2.75, 3.05) is 6.61 Å². The number of hydrogen-bond acceptors (Lipinski definition) is 4. The minimum Gasteiger partial charge on any atom is -0.477 e. The highest BCUT2D eigenvalue weighted by Gasteiger charge is 2.11. The monoisotopic (exact) mass is 356 g/mol. The Morgan fingerprint density at radius 1 is 1.17 bits per heavy atom. The van der Waals surface area contributed by atoms with Crippen molar-refractivity contribution in [1.82, 2.24) is 0 Å². The van der Waals surface area contributed by atoms with E-state index in [-0.39, 0.29) is 12.6 Å². The van der Waals surface area contributed by atoms with E-state index in [9.17, 15) is 4.79 Å². The molecular weight excluding hydrogens is 339 g/mol. The molecule has 0 N–H and O–H groups in total. The summed E-state index contributed by atoms with van der Waals surface area (Å²) in [5.74, 6) is 0.589. The van der Waals surface area contributed by atoms with E-state index in [1.165, 1.54) is 16.9 Å². The summed E-state index contributed by atoms with van der Waals surface area (Å²) < 4.78 is 11.9. The number of carbonyl (C=O) groups is 1. The first-order valence-corrected chi connectivity index (χ1v) is 9.44. The molecule has 0 aliphatic rings. The van der Waals surface area contributed by atoms with E-state index in [0.29, 0.717) is 13.7 Å². The maximum Gasteiger partial charge on any atom is 0.348 e. The Labute approximate surface area is 146 Å². The molecule has 0 aliphatic carbocycles. The predicted molar refractivity (Wildman–Crippen MR) is 101 cm³/mol. The zero-order chi connectivity index (χ0) is 16.8. The van der Waals surface area contributed by atoms with Crippen LogP contribution in [-0.4, -0.2) is 12.6 Å². The van der Waals surface area contributed by atoms with Crippen molar-refractivity contribution in [2.45, 2.75) is 6.16 Å². The summed E-state index contributed by atoms with van der Waals surface area (Å²) in [5.41, 5.74) is 1.19. The van der Waals surface area contributed by atoms with Crippen LogP contribution < -0.4 is 4.52 Å². The standard InChI is InChI=1S/C19H17O3PS/c1-2-10-21-19(20)18-12-15-11-14(8-9-17(15)24-18)13-23-22-16-6-4-3-5-7-16/h2-9,11-12,23H,1,10,13H2. The first-order chi connectivity index (χ1) is 11.8. The molecule has 0 saturated heterocycles. The Morgan fingerprint density at radius 2 is 2.00 bits per heavy atom.